The number of halogens is 1. The van der Waals surface area contributed by atoms with Gasteiger partial charge in [-0.05, 0) is 68.2 Å². The van der Waals surface area contributed by atoms with Crippen molar-refractivity contribution in [1.29, 1.82) is 0 Å². The van der Waals surface area contributed by atoms with Gasteiger partial charge in [-0.25, -0.2) is 4.99 Å². The van der Waals surface area contributed by atoms with E-state index in [9.17, 15) is 5.11 Å². The van der Waals surface area contributed by atoms with Crippen molar-refractivity contribution in [2.24, 2.45) is 10.9 Å². The first-order chi connectivity index (χ1) is 13.5. The van der Waals surface area contributed by atoms with Crippen LogP contribution in [0.4, 0.5) is 0 Å². The highest BCUT2D eigenvalue weighted by molar-refractivity contribution is 6.66. The van der Waals surface area contributed by atoms with Crippen LogP contribution in [0.15, 0.2) is 57.6 Å². The van der Waals surface area contributed by atoms with Gasteiger partial charge in [0.1, 0.15) is 10.9 Å². The van der Waals surface area contributed by atoms with E-state index in [0.717, 1.165) is 50.0 Å². The molecule has 150 valence electrons. The van der Waals surface area contributed by atoms with Crippen molar-refractivity contribution >= 4 is 22.5 Å². The van der Waals surface area contributed by atoms with E-state index in [2.05, 4.69) is 19.9 Å². The third kappa shape index (κ3) is 4.95. The van der Waals surface area contributed by atoms with Crippen molar-refractivity contribution in [2.45, 2.75) is 52.4 Å². The molecule has 1 unspecified atom stereocenters. The highest BCUT2D eigenvalue weighted by Gasteiger charge is 2.26. The second-order valence-corrected chi connectivity index (χ2v) is 8.20. The number of aliphatic imine (C=N–C) groups is 1. The van der Waals surface area contributed by atoms with Gasteiger partial charge in [0.05, 0.1) is 5.70 Å². The van der Waals surface area contributed by atoms with Crippen molar-refractivity contribution in [1.82, 2.24) is 0 Å². The van der Waals surface area contributed by atoms with Crippen LogP contribution in [0.5, 0.6) is 5.75 Å². The van der Waals surface area contributed by atoms with E-state index >= 15 is 0 Å². The Morgan fingerprint density at radius 1 is 1.25 bits per heavy atom. The zero-order chi connectivity index (χ0) is 20.1. The minimum absolute atomic E-state index is 0.251. The standard InChI is InChI=1S/C24H30ClNO2/c1-4-18-15-23(25)26-24(19-8-5-9-20(27)14-19)22-12-16(2)11-17(13-21(18)22)7-6-10-28-3/h5,8-9,11,14,17,27H,4,6-7,10,12-13,15H2,1-3H3. The van der Waals surface area contributed by atoms with E-state index in [4.69, 9.17) is 21.3 Å². The molecule has 1 aliphatic heterocycles. The molecule has 1 atom stereocenters. The van der Waals surface area contributed by atoms with Gasteiger partial charge in [0.2, 0.25) is 0 Å². The maximum absolute atomic E-state index is 10.0. The fraction of sp³-hybridized carbons (Fsp3) is 0.458. The van der Waals surface area contributed by atoms with Crippen molar-refractivity contribution < 1.29 is 9.84 Å². The molecule has 3 rings (SSSR count). The van der Waals surface area contributed by atoms with Crippen LogP contribution < -0.4 is 0 Å². The molecule has 4 heteroatoms. The number of fused-ring (bicyclic) bond motifs is 1. The second-order valence-electron chi connectivity index (χ2n) is 7.77. The van der Waals surface area contributed by atoms with Crippen molar-refractivity contribution in [3.63, 3.8) is 0 Å². The van der Waals surface area contributed by atoms with Crippen molar-refractivity contribution in [2.75, 3.05) is 13.7 Å². The number of aromatic hydroxyl groups is 1. The first-order valence-corrected chi connectivity index (χ1v) is 10.5. The van der Waals surface area contributed by atoms with Gasteiger partial charge in [-0.15, -0.1) is 0 Å². The molecule has 0 aromatic heterocycles. The molecule has 1 aromatic rings. The Bertz CT molecular complexity index is 848. The predicted molar refractivity (Wildman–Crippen MR) is 118 cm³/mol. The molecule has 1 heterocycles. The molecule has 0 saturated heterocycles. The molecule has 1 aliphatic carbocycles. The Labute approximate surface area is 173 Å². The van der Waals surface area contributed by atoms with Gasteiger partial charge in [0, 0.05) is 25.7 Å². The van der Waals surface area contributed by atoms with E-state index in [0.29, 0.717) is 17.5 Å². The number of methoxy groups -OCH3 is 1. The lowest BCUT2D eigenvalue weighted by atomic mass is 9.86. The highest BCUT2D eigenvalue weighted by atomic mass is 35.5. The number of hydrogen-bond acceptors (Lipinski definition) is 3. The summed E-state index contributed by atoms with van der Waals surface area (Å²) < 4.78 is 5.26. The summed E-state index contributed by atoms with van der Waals surface area (Å²) in [6, 6.07) is 7.34. The van der Waals surface area contributed by atoms with E-state index in [1.807, 2.05) is 12.1 Å². The van der Waals surface area contributed by atoms with Crippen LogP contribution in [-0.4, -0.2) is 24.0 Å². The average Bonchev–Trinajstić information content (AvgIpc) is 2.90. The van der Waals surface area contributed by atoms with Crippen LogP contribution in [0.25, 0.3) is 5.70 Å². The molecular weight excluding hydrogens is 370 g/mol. The van der Waals surface area contributed by atoms with Gasteiger partial charge in [-0.3, -0.25) is 0 Å². The Morgan fingerprint density at radius 2 is 2.07 bits per heavy atom. The van der Waals surface area contributed by atoms with Gasteiger partial charge >= 0.3 is 0 Å². The lowest BCUT2D eigenvalue weighted by molar-refractivity contribution is 0.189. The van der Waals surface area contributed by atoms with Gasteiger partial charge in [0.25, 0.3) is 0 Å². The van der Waals surface area contributed by atoms with Gasteiger partial charge in [0.15, 0.2) is 0 Å². The summed E-state index contributed by atoms with van der Waals surface area (Å²) in [5.41, 5.74) is 7.27. The quantitative estimate of drug-likeness (QED) is 0.430. The van der Waals surface area contributed by atoms with Crippen LogP contribution in [0.2, 0.25) is 0 Å². The molecule has 0 bridgehead atoms. The number of allylic oxidation sites excluding steroid dienone is 5. The maximum Gasteiger partial charge on any atom is 0.116 e. The molecule has 28 heavy (non-hydrogen) atoms. The first-order valence-electron chi connectivity index (χ1n) is 10.1. The Balaban J connectivity index is 2.10. The smallest absolute Gasteiger partial charge is 0.116 e. The summed E-state index contributed by atoms with van der Waals surface area (Å²) in [5, 5.41) is 10.6. The molecule has 2 aliphatic rings. The van der Waals surface area contributed by atoms with Gasteiger partial charge < -0.3 is 9.84 Å². The molecule has 1 aromatic carbocycles. The molecule has 0 spiro atoms. The monoisotopic (exact) mass is 399 g/mol. The molecule has 1 N–H and O–H groups in total. The maximum atomic E-state index is 10.0. The van der Waals surface area contributed by atoms with Crippen molar-refractivity contribution in [3.05, 3.63) is 58.2 Å². The molecule has 3 nitrogen and oxygen atoms in total. The minimum Gasteiger partial charge on any atom is -0.508 e. The van der Waals surface area contributed by atoms with Crippen LogP contribution >= 0.6 is 11.6 Å². The number of rotatable bonds is 6. The molecule has 0 saturated carbocycles. The second kappa shape index (κ2) is 9.58. The van der Waals surface area contributed by atoms with Gasteiger partial charge in [-0.1, -0.05) is 47.9 Å². The number of hydrogen-bond donors (Lipinski definition) is 1. The van der Waals surface area contributed by atoms with Crippen LogP contribution in [-0.2, 0) is 4.74 Å². The first kappa shape index (κ1) is 20.9. The zero-order valence-electron chi connectivity index (χ0n) is 17.1. The molecule has 0 radical (unpaired) electrons. The topological polar surface area (TPSA) is 41.8 Å². The summed E-state index contributed by atoms with van der Waals surface area (Å²) in [6.07, 6.45) is 8.19. The number of ether oxygens (including phenoxy) is 1. The van der Waals surface area contributed by atoms with Crippen LogP contribution in [0, 0.1) is 5.92 Å². The van der Waals surface area contributed by atoms with E-state index in [1.54, 1.807) is 19.2 Å². The largest absolute Gasteiger partial charge is 0.508 e. The Morgan fingerprint density at radius 3 is 2.79 bits per heavy atom. The summed E-state index contributed by atoms with van der Waals surface area (Å²) in [5.74, 6) is 0.757. The normalized spacial score (nSPS) is 20.4. The SMILES string of the molecule is CCC1=C2CC(CCCOC)C=C(C)CC2=C(c2cccc(O)c2)N=C(Cl)C1. The highest BCUT2D eigenvalue weighted by Crippen LogP contribution is 2.42. The zero-order valence-corrected chi connectivity index (χ0v) is 17.9. The van der Waals surface area contributed by atoms with E-state index in [1.165, 1.54) is 22.3 Å². The van der Waals surface area contributed by atoms with Crippen LogP contribution in [0.1, 0.15) is 57.9 Å². The third-order valence-electron chi connectivity index (χ3n) is 5.58. The predicted octanol–water partition coefficient (Wildman–Crippen LogP) is 6.63. The number of benzene rings is 1. The third-order valence-corrected chi connectivity index (χ3v) is 5.80. The number of nitrogens with zero attached hydrogens (tertiary/aromatic N) is 1. The summed E-state index contributed by atoms with van der Waals surface area (Å²) in [4.78, 5) is 4.81. The van der Waals surface area contributed by atoms with Crippen molar-refractivity contribution in [3.8, 4) is 5.75 Å². The van der Waals surface area contributed by atoms with Crippen LogP contribution in [0.3, 0.4) is 0 Å². The number of phenolic OH excluding ortho intramolecular Hbond substituents is 1. The summed E-state index contributed by atoms with van der Waals surface area (Å²) in [6.45, 7) is 5.21. The fourth-order valence-corrected chi connectivity index (χ4v) is 4.54. The summed E-state index contributed by atoms with van der Waals surface area (Å²) in [7, 11) is 1.76. The minimum atomic E-state index is 0.251. The van der Waals surface area contributed by atoms with E-state index in [-0.39, 0.29) is 5.75 Å². The lowest BCUT2D eigenvalue weighted by Gasteiger charge is -2.19. The van der Waals surface area contributed by atoms with Gasteiger partial charge in [-0.2, -0.15) is 0 Å². The molecule has 0 fully saturated rings. The molecule has 0 amide bonds. The average molecular weight is 400 g/mol. The molecular formula is C24H30ClNO2. The fourth-order valence-electron chi connectivity index (χ4n) is 4.29. The Hall–Kier alpha value is -1.84. The lowest BCUT2D eigenvalue weighted by Crippen LogP contribution is -2.04. The van der Waals surface area contributed by atoms with E-state index < -0.39 is 0 Å². The Kier molecular flexibility index (Phi) is 7.14. The number of phenols is 1. The summed E-state index contributed by atoms with van der Waals surface area (Å²) >= 11 is 6.55.